The molecule has 0 saturated carbocycles. The van der Waals surface area contributed by atoms with Crippen LogP contribution in [0.3, 0.4) is 0 Å². The Morgan fingerprint density at radius 1 is 1.18 bits per heavy atom. The van der Waals surface area contributed by atoms with Crippen LogP contribution in [-0.2, 0) is 11.3 Å². The number of hydrogen-bond acceptors (Lipinski definition) is 5. The third kappa shape index (κ3) is 7.03. The lowest BCUT2D eigenvalue weighted by Gasteiger charge is -2.32. The number of aromatic nitrogens is 1. The van der Waals surface area contributed by atoms with Gasteiger partial charge >= 0.3 is 12.8 Å². The van der Waals surface area contributed by atoms with Gasteiger partial charge in [-0.2, -0.15) is 22.0 Å². The second-order valence-electron chi connectivity index (χ2n) is 7.55. The molecule has 34 heavy (non-hydrogen) atoms. The quantitative estimate of drug-likeness (QED) is 0.574. The van der Waals surface area contributed by atoms with Gasteiger partial charge in [0, 0.05) is 31.4 Å². The van der Waals surface area contributed by atoms with Crippen LogP contribution in [0.4, 0.5) is 22.0 Å². The summed E-state index contributed by atoms with van der Waals surface area (Å²) >= 11 is 0. The van der Waals surface area contributed by atoms with Crippen molar-refractivity contribution >= 4 is 11.8 Å². The highest BCUT2D eigenvalue weighted by atomic mass is 19.4. The maximum absolute atomic E-state index is 12.9. The zero-order valence-corrected chi connectivity index (χ0v) is 17.9. The van der Waals surface area contributed by atoms with Gasteiger partial charge in [-0.05, 0) is 31.0 Å². The molecule has 1 atom stereocenters. The Bertz CT molecular complexity index is 1000. The number of amides is 2. The monoisotopic (exact) mass is 487 g/mol. The van der Waals surface area contributed by atoms with Crippen LogP contribution in [0.15, 0.2) is 42.6 Å². The number of nitrogens with zero attached hydrogens (tertiary/aromatic N) is 2. The zero-order chi connectivity index (χ0) is 24.7. The largest absolute Gasteiger partial charge is 0.468 e. The fourth-order valence-electron chi connectivity index (χ4n) is 3.55. The number of benzene rings is 1. The Morgan fingerprint density at radius 2 is 1.94 bits per heavy atom. The number of para-hydroxylation sites is 1. The number of rotatable bonds is 8. The lowest BCUT2D eigenvalue weighted by Crippen LogP contribution is -2.45. The van der Waals surface area contributed by atoms with E-state index in [1.807, 2.05) is 0 Å². The first-order chi connectivity index (χ1) is 16.1. The molecule has 184 valence electrons. The molecule has 2 aromatic rings. The summed E-state index contributed by atoms with van der Waals surface area (Å²) in [4.78, 5) is 30.8. The van der Waals surface area contributed by atoms with Crippen LogP contribution in [-0.4, -0.2) is 54.2 Å². The van der Waals surface area contributed by atoms with Crippen molar-refractivity contribution in [3.63, 3.8) is 0 Å². The summed E-state index contributed by atoms with van der Waals surface area (Å²) in [5.41, 5.74) is 0.229. The molecule has 7 nitrogen and oxygen atoms in total. The summed E-state index contributed by atoms with van der Waals surface area (Å²) in [7, 11) is 0. The molecular weight excluding hydrogens is 465 g/mol. The summed E-state index contributed by atoms with van der Waals surface area (Å²) in [5, 5.41) is 2.64. The molecule has 1 aromatic carbocycles. The van der Waals surface area contributed by atoms with Crippen LogP contribution in [0.1, 0.15) is 28.8 Å². The minimum Gasteiger partial charge on any atom is -0.468 e. The topological polar surface area (TPSA) is 80.8 Å². The van der Waals surface area contributed by atoms with Gasteiger partial charge in [-0.1, -0.05) is 18.2 Å². The van der Waals surface area contributed by atoms with Gasteiger partial charge in [0.25, 0.3) is 5.91 Å². The SMILES string of the molecule is O=C(NCc1cccnc1OCC(F)(F)F)C1CCCN(C(=O)c2ccccc2OC(F)F)C1. The maximum atomic E-state index is 12.9. The van der Waals surface area contributed by atoms with Crippen molar-refractivity contribution in [3.05, 3.63) is 53.7 Å². The molecule has 1 fully saturated rings. The Hall–Kier alpha value is -3.44. The van der Waals surface area contributed by atoms with E-state index in [2.05, 4.69) is 15.0 Å². The lowest BCUT2D eigenvalue weighted by molar-refractivity contribution is -0.154. The Labute approximate surface area is 191 Å². The molecule has 12 heteroatoms. The molecule has 0 spiro atoms. The average molecular weight is 487 g/mol. The molecule has 1 aromatic heterocycles. The third-order valence-corrected chi connectivity index (χ3v) is 5.09. The third-order valence-electron chi connectivity index (χ3n) is 5.09. The van der Waals surface area contributed by atoms with Crippen molar-refractivity contribution in [1.82, 2.24) is 15.2 Å². The van der Waals surface area contributed by atoms with Gasteiger partial charge < -0.3 is 19.7 Å². The molecule has 0 bridgehead atoms. The number of piperidine rings is 1. The van der Waals surface area contributed by atoms with Crippen LogP contribution in [0.5, 0.6) is 11.6 Å². The number of hydrogen-bond donors (Lipinski definition) is 1. The number of likely N-dealkylation sites (tertiary alicyclic amines) is 1. The number of carbonyl (C=O) groups excluding carboxylic acids is 2. The van der Waals surface area contributed by atoms with E-state index in [1.54, 1.807) is 0 Å². The van der Waals surface area contributed by atoms with Gasteiger partial charge in [0.2, 0.25) is 11.8 Å². The van der Waals surface area contributed by atoms with Gasteiger partial charge in [0.05, 0.1) is 11.5 Å². The Balaban J connectivity index is 1.61. The number of halogens is 5. The normalized spacial score (nSPS) is 16.3. The molecule has 1 aliphatic rings. The van der Waals surface area contributed by atoms with E-state index in [0.717, 1.165) is 0 Å². The van der Waals surface area contributed by atoms with E-state index in [4.69, 9.17) is 4.74 Å². The predicted octanol–water partition coefficient (Wildman–Crippen LogP) is 3.79. The highest BCUT2D eigenvalue weighted by Crippen LogP contribution is 2.25. The van der Waals surface area contributed by atoms with Crippen LogP contribution in [0, 0.1) is 5.92 Å². The van der Waals surface area contributed by atoms with Crippen molar-refractivity contribution in [2.24, 2.45) is 5.92 Å². The fraction of sp³-hybridized carbons (Fsp3) is 0.409. The standard InChI is InChI=1S/C22H22F5N3O4/c23-21(24)34-17-8-2-1-7-16(17)20(32)30-10-4-6-15(12-30)18(31)29-11-14-5-3-9-28-19(14)33-13-22(25,26)27/h1-3,5,7-9,15,21H,4,6,10-13H2,(H,29,31). The smallest absolute Gasteiger partial charge is 0.422 e. The van der Waals surface area contributed by atoms with E-state index in [0.29, 0.717) is 19.4 Å². The molecule has 0 aliphatic carbocycles. The van der Waals surface area contributed by atoms with Crippen LogP contribution < -0.4 is 14.8 Å². The summed E-state index contributed by atoms with van der Waals surface area (Å²) in [6.07, 6.45) is -2.27. The minimum atomic E-state index is -4.53. The van der Waals surface area contributed by atoms with Gasteiger partial charge in [-0.3, -0.25) is 9.59 Å². The zero-order valence-electron chi connectivity index (χ0n) is 17.9. The van der Waals surface area contributed by atoms with Crippen molar-refractivity contribution in [2.75, 3.05) is 19.7 Å². The molecule has 0 radical (unpaired) electrons. The molecule has 1 aliphatic heterocycles. The number of ether oxygens (including phenoxy) is 2. The predicted molar refractivity (Wildman–Crippen MR) is 109 cm³/mol. The van der Waals surface area contributed by atoms with Gasteiger partial charge in [-0.15, -0.1) is 0 Å². The first-order valence-corrected chi connectivity index (χ1v) is 10.4. The van der Waals surface area contributed by atoms with Crippen LogP contribution >= 0.6 is 0 Å². The maximum Gasteiger partial charge on any atom is 0.422 e. The molecular formula is C22H22F5N3O4. The van der Waals surface area contributed by atoms with E-state index in [9.17, 15) is 31.5 Å². The minimum absolute atomic E-state index is 0.0364. The van der Waals surface area contributed by atoms with Crippen molar-refractivity contribution in [1.29, 1.82) is 0 Å². The average Bonchev–Trinajstić information content (AvgIpc) is 2.81. The van der Waals surface area contributed by atoms with E-state index >= 15 is 0 Å². The summed E-state index contributed by atoms with van der Waals surface area (Å²) in [6.45, 7) is -4.33. The van der Waals surface area contributed by atoms with E-state index in [-0.39, 0.29) is 35.8 Å². The molecule has 2 amide bonds. The first kappa shape index (κ1) is 25.2. The van der Waals surface area contributed by atoms with Gasteiger partial charge in [0.1, 0.15) is 5.75 Å². The van der Waals surface area contributed by atoms with Crippen LogP contribution in [0.2, 0.25) is 0 Å². The molecule has 1 saturated heterocycles. The second-order valence-corrected chi connectivity index (χ2v) is 7.55. The second kappa shape index (κ2) is 11.1. The lowest BCUT2D eigenvalue weighted by atomic mass is 9.96. The first-order valence-electron chi connectivity index (χ1n) is 10.4. The summed E-state index contributed by atoms with van der Waals surface area (Å²) in [5.74, 6) is -2.02. The van der Waals surface area contributed by atoms with Crippen molar-refractivity contribution in [3.8, 4) is 11.6 Å². The molecule has 1 N–H and O–H groups in total. The Kier molecular flexibility index (Phi) is 8.24. The van der Waals surface area contributed by atoms with Gasteiger partial charge in [-0.25, -0.2) is 4.98 Å². The van der Waals surface area contributed by atoms with Crippen molar-refractivity contribution in [2.45, 2.75) is 32.2 Å². The molecule has 3 rings (SSSR count). The van der Waals surface area contributed by atoms with Crippen LogP contribution in [0.25, 0.3) is 0 Å². The summed E-state index contributed by atoms with van der Waals surface area (Å²) < 4.78 is 71.8. The number of nitrogens with one attached hydrogen (secondary N) is 1. The Morgan fingerprint density at radius 3 is 2.68 bits per heavy atom. The highest BCUT2D eigenvalue weighted by Gasteiger charge is 2.31. The van der Waals surface area contributed by atoms with Crippen molar-refractivity contribution < 1.29 is 41.0 Å². The number of alkyl halides is 5. The fourth-order valence-corrected chi connectivity index (χ4v) is 3.55. The van der Waals surface area contributed by atoms with Gasteiger partial charge in [0.15, 0.2) is 6.61 Å². The number of carbonyl (C=O) groups is 2. The summed E-state index contributed by atoms with van der Waals surface area (Å²) in [6, 6.07) is 8.60. The number of pyridine rings is 1. The van der Waals surface area contributed by atoms with E-state index in [1.165, 1.54) is 47.5 Å². The highest BCUT2D eigenvalue weighted by molar-refractivity contribution is 5.97. The molecule has 1 unspecified atom stereocenters. The molecule has 2 heterocycles. The van der Waals surface area contributed by atoms with E-state index < -0.39 is 37.1 Å².